The molecule has 1 aliphatic carbocycles. The molecule has 2 rings (SSSR count). The second-order valence-corrected chi connectivity index (χ2v) is 5.25. The smallest absolute Gasteiger partial charge is 0.238 e. The highest BCUT2D eigenvalue weighted by Gasteiger charge is 2.29. The largest absolute Gasteiger partial charge is 0.397 e. The van der Waals surface area contributed by atoms with Crippen molar-refractivity contribution in [2.24, 2.45) is 0 Å². The molecule has 0 radical (unpaired) electrons. The molecule has 106 valence electrons. The highest BCUT2D eigenvalue weighted by molar-refractivity contribution is 5.95. The number of carbonyl (C=O) groups excluding carboxylic acids is 1. The van der Waals surface area contributed by atoms with Crippen molar-refractivity contribution in [1.29, 1.82) is 5.26 Å². The van der Waals surface area contributed by atoms with Gasteiger partial charge in [-0.2, -0.15) is 5.26 Å². The number of anilines is 2. The summed E-state index contributed by atoms with van der Waals surface area (Å²) in [7, 11) is 0. The van der Waals surface area contributed by atoms with Gasteiger partial charge in [0.2, 0.25) is 5.91 Å². The minimum Gasteiger partial charge on any atom is -0.397 e. The van der Waals surface area contributed by atoms with Crippen LogP contribution in [0.15, 0.2) is 18.2 Å². The molecular formula is C15H20N4O. The van der Waals surface area contributed by atoms with Crippen LogP contribution < -0.4 is 11.1 Å². The zero-order valence-electron chi connectivity index (χ0n) is 11.7. The number of nitrogens with one attached hydrogen (secondary N) is 1. The van der Waals surface area contributed by atoms with E-state index >= 15 is 0 Å². The van der Waals surface area contributed by atoms with Gasteiger partial charge in [0.25, 0.3) is 0 Å². The first-order valence-corrected chi connectivity index (χ1v) is 6.87. The van der Waals surface area contributed by atoms with Gasteiger partial charge in [0.15, 0.2) is 0 Å². The Hall–Kier alpha value is -2.06. The Morgan fingerprint density at radius 1 is 1.55 bits per heavy atom. The summed E-state index contributed by atoms with van der Waals surface area (Å²) in [5, 5.41) is 11.5. The van der Waals surface area contributed by atoms with E-state index in [1.165, 1.54) is 0 Å². The van der Waals surface area contributed by atoms with Crippen LogP contribution >= 0.6 is 0 Å². The van der Waals surface area contributed by atoms with Crippen molar-refractivity contribution in [3.05, 3.63) is 23.8 Å². The lowest BCUT2D eigenvalue weighted by Crippen LogP contribution is -2.35. The Kier molecular flexibility index (Phi) is 4.59. The van der Waals surface area contributed by atoms with E-state index in [2.05, 4.69) is 16.3 Å². The molecule has 0 aliphatic heterocycles. The van der Waals surface area contributed by atoms with Gasteiger partial charge >= 0.3 is 0 Å². The van der Waals surface area contributed by atoms with E-state index in [0.717, 1.165) is 18.4 Å². The summed E-state index contributed by atoms with van der Waals surface area (Å²) in [6, 6.07) is 8.16. The van der Waals surface area contributed by atoms with Gasteiger partial charge in [-0.3, -0.25) is 9.69 Å². The third-order valence-corrected chi connectivity index (χ3v) is 3.40. The zero-order valence-corrected chi connectivity index (χ0v) is 11.7. The molecule has 3 N–H and O–H groups in total. The lowest BCUT2D eigenvalue weighted by Gasteiger charge is -2.20. The van der Waals surface area contributed by atoms with E-state index in [0.29, 0.717) is 36.9 Å². The van der Waals surface area contributed by atoms with Gasteiger partial charge in [-0.25, -0.2) is 0 Å². The molecule has 1 aromatic carbocycles. The summed E-state index contributed by atoms with van der Waals surface area (Å²) in [6.07, 6.45) is 2.69. The lowest BCUT2D eigenvalue weighted by atomic mass is 10.2. The quantitative estimate of drug-likeness (QED) is 0.775. The second kappa shape index (κ2) is 6.40. The van der Waals surface area contributed by atoms with Crippen LogP contribution in [0.2, 0.25) is 0 Å². The number of benzene rings is 1. The molecule has 5 nitrogen and oxygen atoms in total. The Morgan fingerprint density at radius 3 is 2.90 bits per heavy atom. The number of nitriles is 1. The van der Waals surface area contributed by atoms with Gasteiger partial charge in [-0.1, -0.05) is 6.07 Å². The number of hydrogen-bond acceptors (Lipinski definition) is 4. The highest BCUT2D eigenvalue weighted by atomic mass is 16.2. The maximum atomic E-state index is 12.1. The summed E-state index contributed by atoms with van der Waals surface area (Å²) in [4.78, 5) is 14.1. The monoisotopic (exact) mass is 272 g/mol. The normalized spacial score (nSPS) is 14.1. The van der Waals surface area contributed by atoms with Crippen LogP contribution in [0.4, 0.5) is 11.4 Å². The van der Waals surface area contributed by atoms with Gasteiger partial charge < -0.3 is 11.1 Å². The Labute approximate surface area is 119 Å². The van der Waals surface area contributed by atoms with Crippen LogP contribution in [0.25, 0.3) is 0 Å². The summed E-state index contributed by atoms with van der Waals surface area (Å²) >= 11 is 0. The minimum atomic E-state index is -0.0783. The molecule has 0 spiro atoms. The number of hydrogen-bond donors (Lipinski definition) is 2. The number of carbonyl (C=O) groups is 1. The summed E-state index contributed by atoms with van der Waals surface area (Å²) < 4.78 is 0. The first-order valence-electron chi connectivity index (χ1n) is 6.87. The predicted octanol–water partition coefficient (Wildman–Crippen LogP) is 1.89. The van der Waals surface area contributed by atoms with Crippen LogP contribution in [0, 0.1) is 18.3 Å². The molecule has 1 aliphatic rings. The number of aryl methyl sites for hydroxylation is 1. The van der Waals surface area contributed by atoms with Gasteiger partial charge in [0.05, 0.1) is 24.0 Å². The topological polar surface area (TPSA) is 82.2 Å². The molecule has 0 atom stereocenters. The Bertz CT molecular complexity index is 531. The van der Waals surface area contributed by atoms with Crippen molar-refractivity contribution in [2.75, 3.05) is 24.1 Å². The van der Waals surface area contributed by atoms with Crippen LogP contribution in [0.5, 0.6) is 0 Å². The molecule has 0 aromatic heterocycles. The average Bonchev–Trinajstić information content (AvgIpc) is 3.22. The van der Waals surface area contributed by atoms with E-state index in [-0.39, 0.29) is 5.91 Å². The van der Waals surface area contributed by atoms with E-state index in [4.69, 9.17) is 11.0 Å². The number of nitrogens with zero attached hydrogens (tertiary/aromatic N) is 2. The van der Waals surface area contributed by atoms with Crippen molar-refractivity contribution >= 4 is 17.3 Å². The lowest BCUT2D eigenvalue weighted by molar-refractivity contribution is -0.117. The fourth-order valence-corrected chi connectivity index (χ4v) is 2.19. The molecule has 5 heteroatoms. The molecule has 1 saturated carbocycles. The van der Waals surface area contributed by atoms with E-state index in [9.17, 15) is 4.79 Å². The summed E-state index contributed by atoms with van der Waals surface area (Å²) in [5.41, 5.74) is 8.17. The number of amides is 1. The molecule has 20 heavy (non-hydrogen) atoms. The standard InChI is InChI=1S/C15H20N4O/c1-11-3-6-14(13(17)9-11)18-15(20)10-19(8-2-7-16)12-4-5-12/h3,6,9,12H,2,4-5,8,10,17H2,1H3,(H,18,20). The SMILES string of the molecule is Cc1ccc(NC(=O)CN(CCC#N)C2CC2)c(N)c1. The maximum Gasteiger partial charge on any atom is 0.238 e. The second-order valence-electron chi connectivity index (χ2n) is 5.25. The van der Waals surface area contributed by atoms with Crippen molar-refractivity contribution in [3.63, 3.8) is 0 Å². The van der Waals surface area contributed by atoms with E-state index < -0.39 is 0 Å². The van der Waals surface area contributed by atoms with Gasteiger partial charge in [-0.15, -0.1) is 0 Å². The first-order chi connectivity index (χ1) is 9.60. The fraction of sp³-hybridized carbons (Fsp3) is 0.467. The molecule has 1 amide bonds. The fourth-order valence-electron chi connectivity index (χ4n) is 2.19. The summed E-state index contributed by atoms with van der Waals surface area (Å²) in [5.74, 6) is -0.0783. The molecule has 0 heterocycles. The Morgan fingerprint density at radius 2 is 2.30 bits per heavy atom. The molecular weight excluding hydrogens is 252 g/mol. The van der Waals surface area contributed by atoms with Crippen molar-refractivity contribution in [1.82, 2.24) is 4.90 Å². The zero-order chi connectivity index (χ0) is 14.5. The number of nitrogens with two attached hydrogens (primary N) is 1. The molecule has 1 fully saturated rings. The van der Waals surface area contributed by atoms with Gasteiger partial charge in [0.1, 0.15) is 0 Å². The summed E-state index contributed by atoms with van der Waals surface area (Å²) in [6.45, 7) is 2.93. The highest BCUT2D eigenvalue weighted by Crippen LogP contribution is 2.27. The van der Waals surface area contributed by atoms with Crippen molar-refractivity contribution in [2.45, 2.75) is 32.2 Å². The van der Waals surface area contributed by atoms with Crippen molar-refractivity contribution in [3.8, 4) is 6.07 Å². The van der Waals surface area contributed by atoms with E-state index in [1.807, 2.05) is 25.1 Å². The van der Waals surface area contributed by atoms with Crippen LogP contribution in [-0.2, 0) is 4.79 Å². The van der Waals surface area contributed by atoms with E-state index in [1.54, 1.807) is 0 Å². The van der Waals surface area contributed by atoms with Crippen LogP contribution in [-0.4, -0.2) is 29.9 Å². The minimum absolute atomic E-state index is 0.0783. The van der Waals surface area contributed by atoms with Crippen molar-refractivity contribution < 1.29 is 4.79 Å². The first kappa shape index (κ1) is 14.4. The molecule has 0 saturated heterocycles. The number of nitrogen functional groups attached to an aromatic ring is 1. The average molecular weight is 272 g/mol. The molecule has 1 aromatic rings. The third kappa shape index (κ3) is 3.97. The maximum absolute atomic E-state index is 12.1. The van der Waals surface area contributed by atoms with Gasteiger partial charge in [0, 0.05) is 19.0 Å². The molecule has 0 bridgehead atoms. The number of rotatable bonds is 6. The third-order valence-electron chi connectivity index (χ3n) is 3.40. The Balaban J connectivity index is 1.92. The van der Waals surface area contributed by atoms with Gasteiger partial charge in [-0.05, 0) is 37.5 Å². The predicted molar refractivity (Wildman–Crippen MR) is 79.0 cm³/mol. The van der Waals surface area contributed by atoms with Crippen LogP contribution in [0.1, 0.15) is 24.8 Å². The van der Waals surface area contributed by atoms with Crippen LogP contribution in [0.3, 0.4) is 0 Å². The molecule has 0 unspecified atom stereocenters.